The van der Waals surface area contributed by atoms with Crippen LogP contribution in [0.2, 0.25) is 0 Å². The van der Waals surface area contributed by atoms with Gasteiger partial charge in [-0.3, -0.25) is 19.4 Å². The fraction of sp³-hybridized carbons (Fsp3) is 0.500. The predicted octanol–water partition coefficient (Wildman–Crippen LogP) is 3.01. The number of alkyl halides is 3. The number of carbonyl (C=O) groups is 1. The summed E-state index contributed by atoms with van der Waals surface area (Å²) < 4.78 is 39.8. The summed E-state index contributed by atoms with van der Waals surface area (Å²) in [5, 5.41) is 6.96. The molecule has 6 nitrogen and oxygen atoms in total. The molecule has 0 atom stereocenters. The Hall–Kier alpha value is -2.20. The molecule has 2 aromatic rings. The molecule has 0 spiro atoms. The quantitative estimate of drug-likeness (QED) is 0.783. The van der Waals surface area contributed by atoms with Gasteiger partial charge in [-0.2, -0.15) is 18.3 Å². The standard InChI is InChI=1S/C18H22F3N5OS/c1-13-4-2-5-14(10-13)16-22-23-17(28)26(16)11-15(27)25-7-3-6-24(8-9-25)12-18(19,20)21/h2,4-5,10H,3,6-9,11-12H2,1H3,(H,23,28). The highest BCUT2D eigenvalue weighted by Gasteiger charge is 2.32. The van der Waals surface area contributed by atoms with E-state index in [0.29, 0.717) is 30.1 Å². The van der Waals surface area contributed by atoms with Gasteiger partial charge in [-0.25, -0.2) is 0 Å². The maximum absolute atomic E-state index is 12.8. The molecule has 1 aliphatic rings. The Morgan fingerprint density at radius 3 is 2.75 bits per heavy atom. The van der Waals surface area contributed by atoms with E-state index in [0.717, 1.165) is 11.1 Å². The lowest BCUT2D eigenvalue weighted by molar-refractivity contribution is -0.145. The van der Waals surface area contributed by atoms with Crippen LogP contribution >= 0.6 is 12.2 Å². The first-order valence-electron chi connectivity index (χ1n) is 9.02. The molecule has 1 aliphatic heterocycles. The second kappa shape index (κ2) is 8.44. The van der Waals surface area contributed by atoms with Crippen molar-refractivity contribution in [3.63, 3.8) is 0 Å². The van der Waals surface area contributed by atoms with Crippen molar-refractivity contribution in [1.82, 2.24) is 24.6 Å². The van der Waals surface area contributed by atoms with Gasteiger partial charge in [-0.05, 0) is 31.6 Å². The second-order valence-corrected chi connectivity index (χ2v) is 7.32. The summed E-state index contributed by atoms with van der Waals surface area (Å²) in [6, 6.07) is 7.70. The lowest BCUT2D eigenvalue weighted by atomic mass is 10.1. The van der Waals surface area contributed by atoms with E-state index in [9.17, 15) is 18.0 Å². The molecule has 152 valence electrons. The van der Waals surface area contributed by atoms with Crippen LogP contribution in [-0.4, -0.2) is 69.4 Å². The molecule has 1 fully saturated rings. The number of aromatic amines is 1. The maximum Gasteiger partial charge on any atom is 0.401 e. The van der Waals surface area contributed by atoms with Gasteiger partial charge >= 0.3 is 6.18 Å². The SMILES string of the molecule is Cc1cccc(-c2n[nH]c(=S)n2CC(=O)N2CCCN(CC(F)(F)F)CC2)c1. The number of benzene rings is 1. The Bertz CT molecular complexity index is 892. The third kappa shape index (κ3) is 5.20. The van der Waals surface area contributed by atoms with E-state index in [2.05, 4.69) is 10.2 Å². The zero-order chi connectivity index (χ0) is 20.3. The topological polar surface area (TPSA) is 57.2 Å². The zero-order valence-electron chi connectivity index (χ0n) is 15.5. The largest absolute Gasteiger partial charge is 0.401 e. The van der Waals surface area contributed by atoms with E-state index in [4.69, 9.17) is 12.2 Å². The Morgan fingerprint density at radius 2 is 2.04 bits per heavy atom. The lowest BCUT2D eigenvalue weighted by Crippen LogP contribution is -2.39. The number of nitrogens with one attached hydrogen (secondary N) is 1. The van der Waals surface area contributed by atoms with Gasteiger partial charge in [-0.1, -0.05) is 23.8 Å². The van der Waals surface area contributed by atoms with E-state index in [-0.39, 0.29) is 25.5 Å². The number of amides is 1. The highest BCUT2D eigenvalue weighted by atomic mass is 32.1. The minimum atomic E-state index is -4.23. The van der Waals surface area contributed by atoms with Crippen molar-refractivity contribution in [3.05, 3.63) is 34.6 Å². The molecule has 3 rings (SSSR count). The first-order valence-corrected chi connectivity index (χ1v) is 9.43. The van der Waals surface area contributed by atoms with E-state index in [1.54, 1.807) is 9.47 Å². The van der Waals surface area contributed by atoms with Crippen LogP contribution in [0.25, 0.3) is 11.4 Å². The summed E-state index contributed by atoms with van der Waals surface area (Å²) in [5.74, 6) is 0.385. The number of H-pyrrole nitrogens is 1. The molecule has 0 aliphatic carbocycles. The van der Waals surface area contributed by atoms with Crippen LogP contribution < -0.4 is 0 Å². The van der Waals surface area contributed by atoms with E-state index in [1.807, 2.05) is 31.2 Å². The van der Waals surface area contributed by atoms with Crippen LogP contribution in [0, 0.1) is 11.7 Å². The molecule has 0 bridgehead atoms. The van der Waals surface area contributed by atoms with Gasteiger partial charge in [0.2, 0.25) is 5.91 Å². The van der Waals surface area contributed by atoms with Crippen LogP contribution in [0.15, 0.2) is 24.3 Å². The van der Waals surface area contributed by atoms with Crippen molar-refractivity contribution in [1.29, 1.82) is 0 Å². The molecule has 0 unspecified atom stereocenters. The van der Waals surface area contributed by atoms with Gasteiger partial charge in [0.25, 0.3) is 0 Å². The maximum atomic E-state index is 12.8. The first-order chi connectivity index (χ1) is 13.2. The van der Waals surface area contributed by atoms with Crippen molar-refractivity contribution in [2.75, 3.05) is 32.7 Å². The van der Waals surface area contributed by atoms with E-state index in [1.165, 1.54) is 4.90 Å². The Morgan fingerprint density at radius 1 is 1.25 bits per heavy atom. The number of halogens is 3. The minimum absolute atomic E-state index is 0.00210. The molecule has 0 saturated carbocycles. The molecule has 0 radical (unpaired) electrons. The normalized spacial score (nSPS) is 16.2. The number of hydrogen-bond acceptors (Lipinski definition) is 4. The molecule has 28 heavy (non-hydrogen) atoms. The van der Waals surface area contributed by atoms with Gasteiger partial charge in [0, 0.05) is 31.7 Å². The first kappa shape index (κ1) is 20.5. The van der Waals surface area contributed by atoms with Crippen molar-refractivity contribution >= 4 is 18.1 Å². The molecular formula is C18H22F3N5OS. The number of hydrogen-bond donors (Lipinski definition) is 1. The fourth-order valence-corrected chi connectivity index (χ4v) is 3.53. The second-order valence-electron chi connectivity index (χ2n) is 6.93. The molecule has 1 N–H and O–H groups in total. The number of carbonyl (C=O) groups excluding carboxylic acids is 1. The third-order valence-electron chi connectivity index (χ3n) is 4.67. The smallest absolute Gasteiger partial charge is 0.340 e. The minimum Gasteiger partial charge on any atom is -0.340 e. The van der Waals surface area contributed by atoms with Crippen LogP contribution in [0.4, 0.5) is 13.2 Å². The third-order valence-corrected chi connectivity index (χ3v) is 4.98. The monoisotopic (exact) mass is 413 g/mol. The zero-order valence-corrected chi connectivity index (χ0v) is 16.3. The fourth-order valence-electron chi connectivity index (χ4n) is 3.34. The van der Waals surface area contributed by atoms with Crippen molar-refractivity contribution < 1.29 is 18.0 Å². The summed E-state index contributed by atoms with van der Waals surface area (Å²) in [7, 11) is 0. The summed E-state index contributed by atoms with van der Waals surface area (Å²) in [6.07, 6.45) is -3.73. The molecular weight excluding hydrogens is 391 g/mol. The Balaban J connectivity index is 1.70. The average Bonchev–Trinajstić information content (AvgIpc) is 2.82. The number of rotatable bonds is 4. The van der Waals surface area contributed by atoms with Gasteiger partial charge in [-0.15, -0.1) is 0 Å². The van der Waals surface area contributed by atoms with Gasteiger partial charge in [0.1, 0.15) is 6.54 Å². The van der Waals surface area contributed by atoms with Crippen LogP contribution in [0.1, 0.15) is 12.0 Å². The number of aromatic nitrogens is 3. The van der Waals surface area contributed by atoms with Crippen molar-refractivity contribution in [2.45, 2.75) is 26.1 Å². The van der Waals surface area contributed by atoms with Gasteiger partial charge in [0.05, 0.1) is 6.54 Å². The Kier molecular flexibility index (Phi) is 6.19. The summed E-state index contributed by atoms with van der Waals surface area (Å²) in [4.78, 5) is 15.7. The molecule has 1 saturated heterocycles. The van der Waals surface area contributed by atoms with Crippen LogP contribution in [0.3, 0.4) is 0 Å². The van der Waals surface area contributed by atoms with E-state index < -0.39 is 12.7 Å². The average molecular weight is 413 g/mol. The van der Waals surface area contributed by atoms with Gasteiger partial charge in [0.15, 0.2) is 10.6 Å². The summed E-state index contributed by atoms with van der Waals surface area (Å²) in [5.41, 5.74) is 1.90. The summed E-state index contributed by atoms with van der Waals surface area (Å²) in [6.45, 7) is 2.23. The van der Waals surface area contributed by atoms with E-state index >= 15 is 0 Å². The number of aryl methyl sites for hydroxylation is 1. The Labute approximate surface area is 165 Å². The van der Waals surface area contributed by atoms with Crippen molar-refractivity contribution in [3.8, 4) is 11.4 Å². The highest BCUT2D eigenvalue weighted by molar-refractivity contribution is 7.71. The molecule has 2 heterocycles. The summed E-state index contributed by atoms with van der Waals surface area (Å²) >= 11 is 5.27. The highest BCUT2D eigenvalue weighted by Crippen LogP contribution is 2.20. The van der Waals surface area contributed by atoms with Crippen LogP contribution in [-0.2, 0) is 11.3 Å². The number of nitrogens with zero attached hydrogens (tertiary/aromatic N) is 4. The van der Waals surface area contributed by atoms with Crippen molar-refractivity contribution in [2.24, 2.45) is 0 Å². The lowest BCUT2D eigenvalue weighted by Gasteiger charge is -2.23. The molecule has 1 aromatic carbocycles. The molecule has 1 amide bonds. The van der Waals surface area contributed by atoms with Crippen LogP contribution in [0.5, 0.6) is 0 Å². The predicted molar refractivity (Wildman–Crippen MR) is 101 cm³/mol. The van der Waals surface area contributed by atoms with Gasteiger partial charge < -0.3 is 4.90 Å². The molecule has 1 aromatic heterocycles. The molecule has 10 heteroatoms.